The van der Waals surface area contributed by atoms with Crippen molar-refractivity contribution in [1.82, 2.24) is 10.2 Å². The quantitative estimate of drug-likeness (QED) is 0.862. The molecule has 0 spiro atoms. The first kappa shape index (κ1) is 12.7. The second kappa shape index (κ2) is 5.35. The zero-order valence-electron chi connectivity index (χ0n) is 11.7. The number of furan rings is 1. The van der Waals surface area contributed by atoms with Gasteiger partial charge in [0.25, 0.3) is 0 Å². The molecule has 1 aliphatic rings. The van der Waals surface area contributed by atoms with E-state index in [9.17, 15) is 0 Å². The van der Waals surface area contributed by atoms with Crippen molar-refractivity contribution in [2.75, 3.05) is 20.1 Å². The molecule has 1 aromatic heterocycles. The van der Waals surface area contributed by atoms with Gasteiger partial charge in [-0.05, 0) is 38.9 Å². The fourth-order valence-electron chi connectivity index (χ4n) is 2.47. The SMILES string of the molecule is CC(NCCN(C)C1CC1)c1cc2ccccc2o1. The highest BCUT2D eigenvalue weighted by atomic mass is 16.3. The Hall–Kier alpha value is -1.32. The van der Waals surface area contributed by atoms with Crippen molar-refractivity contribution in [3.63, 3.8) is 0 Å². The number of rotatable bonds is 6. The molecular formula is C16H22N2O. The molecule has 1 aliphatic carbocycles. The summed E-state index contributed by atoms with van der Waals surface area (Å²) in [4.78, 5) is 2.44. The van der Waals surface area contributed by atoms with Crippen molar-refractivity contribution in [3.05, 3.63) is 36.1 Å². The van der Waals surface area contributed by atoms with Gasteiger partial charge in [-0.2, -0.15) is 0 Å². The minimum absolute atomic E-state index is 0.264. The minimum atomic E-state index is 0.264. The topological polar surface area (TPSA) is 28.4 Å². The van der Waals surface area contributed by atoms with Crippen LogP contribution in [0.15, 0.2) is 34.7 Å². The smallest absolute Gasteiger partial charge is 0.134 e. The van der Waals surface area contributed by atoms with Crippen LogP contribution in [0.1, 0.15) is 31.6 Å². The lowest BCUT2D eigenvalue weighted by Crippen LogP contribution is -2.31. The summed E-state index contributed by atoms with van der Waals surface area (Å²) in [6.07, 6.45) is 2.74. The number of para-hydroxylation sites is 1. The van der Waals surface area contributed by atoms with E-state index >= 15 is 0 Å². The summed E-state index contributed by atoms with van der Waals surface area (Å²) in [7, 11) is 2.21. The molecule has 1 heterocycles. The van der Waals surface area contributed by atoms with Gasteiger partial charge in [0.05, 0.1) is 6.04 Å². The summed E-state index contributed by atoms with van der Waals surface area (Å²) < 4.78 is 5.87. The maximum Gasteiger partial charge on any atom is 0.134 e. The van der Waals surface area contributed by atoms with Crippen molar-refractivity contribution >= 4 is 11.0 Å². The summed E-state index contributed by atoms with van der Waals surface area (Å²) >= 11 is 0. The van der Waals surface area contributed by atoms with Crippen LogP contribution in [0.3, 0.4) is 0 Å². The first-order valence-electron chi connectivity index (χ1n) is 7.16. The Balaban J connectivity index is 1.55. The van der Waals surface area contributed by atoms with Crippen LogP contribution < -0.4 is 5.32 Å². The normalized spacial score (nSPS) is 17.2. The lowest BCUT2D eigenvalue weighted by molar-refractivity contribution is 0.312. The average Bonchev–Trinajstić information content (AvgIpc) is 3.17. The highest BCUT2D eigenvalue weighted by Gasteiger charge is 2.25. The number of fused-ring (bicyclic) bond motifs is 1. The summed E-state index contributed by atoms with van der Waals surface area (Å²) in [6.45, 7) is 4.27. The second-order valence-electron chi connectivity index (χ2n) is 5.57. The molecule has 0 aliphatic heterocycles. The predicted octanol–water partition coefficient (Wildman–Crippen LogP) is 3.18. The van der Waals surface area contributed by atoms with Crippen LogP contribution >= 0.6 is 0 Å². The third-order valence-electron chi connectivity index (χ3n) is 3.96. The van der Waals surface area contributed by atoms with Gasteiger partial charge in [-0.25, -0.2) is 0 Å². The van der Waals surface area contributed by atoms with Crippen LogP contribution in [0.5, 0.6) is 0 Å². The lowest BCUT2D eigenvalue weighted by atomic mass is 10.2. The molecule has 1 N–H and O–H groups in total. The van der Waals surface area contributed by atoms with Gasteiger partial charge in [-0.3, -0.25) is 0 Å². The van der Waals surface area contributed by atoms with Crippen LogP contribution in [-0.2, 0) is 0 Å². The lowest BCUT2D eigenvalue weighted by Gasteiger charge is -2.17. The maximum atomic E-state index is 5.87. The van der Waals surface area contributed by atoms with Gasteiger partial charge in [0.15, 0.2) is 0 Å². The van der Waals surface area contributed by atoms with Gasteiger partial charge in [0.2, 0.25) is 0 Å². The molecule has 1 fully saturated rings. The number of nitrogens with zero attached hydrogens (tertiary/aromatic N) is 1. The van der Waals surface area contributed by atoms with Gasteiger partial charge in [-0.15, -0.1) is 0 Å². The Labute approximate surface area is 114 Å². The molecular weight excluding hydrogens is 236 g/mol. The average molecular weight is 258 g/mol. The molecule has 19 heavy (non-hydrogen) atoms. The van der Waals surface area contributed by atoms with Crippen molar-refractivity contribution in [1.29, 1.82) is 0 Å². The summed E-state index contributed by atoms with van der Waals surface area (Å²) in [5, 5.41) is 4.72. The Morgan fingerprint density at radius 2 is 2.16 bits per heavy atom. The van der Waals surface area contributed by atoms with E-state index in [4.69, 9.17) is 4.42 Å². The van der Waals surface area contributed by atoms with Crippen molar-refractivity contribution in [2.24, 2.45) is 0 Å². The molecule has 3 heteroatoms. The molecule has 0 bridgehead atoms. The fraction of sp³-hybridized carbons (Fsp3) is 0.500. The van der Waals surface area contributed by atoms with Crippen molar-refractivity contribution in [3.8, 4) is 0 Å². The van der Waals surface area contributed by atoms with E-state index in [-0.39, 0.29) is 6.04 Å². The number of nitrogens with one attached hydrogen (secondary N) is 1. The Morgan fingerprint density at radius 1 is 1.37 bits per heavy atom. The third kappa shape index (κ3) is 2.99. The molecule has 3 nitrogen and oxygen atoms in total. The van der Waals surface area contributed by atoms with Crippen LogP contribution in [0.25, 0.3) is 11.0 Å². The van der Waals surface area contributed by atoms with Crippen LogP contribution in [0.4, 0.5) is 0 Å². The number of likely N-dealkylation sites (N-methyl/N-ethyl adjacent to an activating group) is 1. The Morgan fingerprint density at radius 3 is 2.89 bits per heavy atom. The Bertz CT molecular complexity index is 511. The van der Waals surface area contributed by atoms with E-state index in [0.717, 1.165) is 30.5 Å². The van der Waals surface area contributed by atoms with Gasteiger partial charge in [0, 0.05) is 24.5 Å². The summed E-state index contributed by atoms with van der Waals surface area (Å²) in [5.41, 5.74) is 0.973. The molecule has 0 saturated heterocycles. The van der Waals surface area contributed by atoms with Gasteiger partial charge < -0.3 is 14.6 Å². The van der Waals surface area contributed by atoms with E-state index in [2.05, 4.69) is 36.3 Å². The maximum absolute atomic E-state index is 5.87. The summed E-state index contributed by atoms with van der Waals surface area (Å²) in [6, 6.07) is 11.4. The van der Waals surface area contributed by atoms with E-state index in [0.29, 0.717) is 0 Å². The minimum Gasteiger partial charge on any atom is -0.459 e. The zero-order valence-corrected chi connectivity index (χ0v) is 11.7. The standard InChI is InChI=1S/C16H22N2O/c1-12(17-9-10-18(2)14-7-8-14)16-11-13-5-3-4-6-15(13)19-16/h3-6,11-12,14,17H,7-10H2,1-2H3. The van der Waals surface area contributed by atoms with E-state index in [1.54, 1.807) is 0 Å². The molecule has 1 aromatic carbocycles. The fourth-order valence-corrected chi connectivity index (χ4v) is 2.47. The molecule has 1 saturated carbocycles. The number of hydrogen-bond acceptors (Lipinski definition) is 3. The van der Waals surface area contributed by atoms with Crippen LogP contribution in [0, 0.1) is 0 Å². The van der Waals surface area contributed by atoms with Crippen LogP contribution in [-0.4, -0.2) is 31.1 Å². The van der Waals surface area contributed by atoms with E-state index in [1.807, 2.05) is 18.2 Å². The van der Waals surface area contributed by atoms with Gasteiger partial charge in [0.1, 0.15) is 11.3 Å². The van der Waals surface area contributed by atoms with Crippen LogP contribution in [0.2, 0.25) is 0 Å². The predicted molar refractivity (Wildman–Crippen MR) is 78.3 cm³/mol. The highest BCUT2D eigenvalue weighted by molar-refractivity contribution is 5.77. The highest BCUT2D eigenvalue weighted by Crippen LogP contribution is 2.25. The molecule has 1 unspecified atom stereocenters. The van der Waals surface area contributed by atoms with Crippen molar-refractivity contribution in [2.45, 2.75) is 31.8 Å². The van der Waals surface area contributed by atoms with Gasteiger partial charge >= 0.3 is 0 Å². The molecule has 102 valence electrons. The first-order chi connectivity index (χ1) is 9.24. The van der Waals surface area contributed by atoms with E-state index in [1.165, 1.54) is 18.2 Å². The number of benzene rings is 1. The monoisotopic (exact) mass is 258 g/mol. The molecule has 0 radical (unpaired) electrons. The summed E-state index contributed by atoms with van der Waals surface area (Å²) in [5.74, 6) is 1.02. The first-order valence-corrected chi connectivity index (χ1v) is 7.16. The second-order valence-corrected chi connectivity index (χ2v) is 5.57. The molecule has 1 atom stereocenters. The molecule has 2 aromatic rings. The molecule has 3 rings (SSSR count). The van der Waals surface area contributed by atoms with Crippen molar-refractivity contribution < 1.29 is 4.42 Å². The largest absolute Gasteiger partial charge is 0.459 e. The third-order valence-corrected chi connectivity index (χ3v) is 3.96. The zero-order chi connectivity index (χ0) is 13.2. The van der Waals surface area contributed by atoms with Gasteiger partial charge in [-0.1, -0.05) is 18.2 Å². The Kier molecular flexibility index (Phi) is 3.58. The van der Waals surface area contributed by atoms with E-state index < -0.39 is 0 Å². The molecule has 0 amide bonds. The number of hydrogen-bond donors (Lipinski definition) is 1.